The fourth-order valence-corrected chi connectivity index (χ4v) is 1.61. The molecule has 4 heteroatoms. The van der Waals surface area contributed by atoms with Crippen molar-refractivity contribution >= 4 is 5.97 Å². The highest BCUT2D eigenvalue weighted by Gasteiger charge is 2.16. The summed E-state index contributed by atoms with van der Waals surface area (Å²) in [5.74, 6) is 0.411. The Morgan fingerprint density at radius 2 is 2.43 bits per heavy atom. The predicted molar refractivity (Wildman–Crippen MR) is 53.0 cm³/mol. The van der Waals surface area contributed by atoms with E-state index in [1.807, 2.05) is 0 Å². The monoisotopic (exact) mass is 201 g/mol. The van der Waals surface area contributed by atoms with Crippen molar-refractivity contribution in [1.29, 1.82) is 0 Å². The summed E-state index contributed by atoms with van der Waals surface area (Å²) in [6, 6.07) is 0. The molecular formula is C10H19NO3. The van der Waals surface area contributed by atoms with Crippen molar-refractivity contribution in [2.45, 2.75) is 25.9 Å². The van der Waals surface area contributed by atoms with E-state index in [1.165, 1.54) is 13.5 Å². The molecule has 1 fully saturated rings. The molecule has 0 radical (unpaired) electrons. The molecule has 2 atom stereocenters. The fraction of sp³-hybridized carbons (Fsp3) is 0.900. The molecule has 0 aliphatic carbocycles. The van der Waals surface area contributed by atoms with Gasteiger partial charge in [0.15, 0.2) is 6.10 Å². The molecule has 0 saturated carbocycles. The lowest BCUT2D eigenvalue weighted by molar-refractivity contribution is -0.153. The van der Waals surface area contributed by atoms with Gasteiger partial charge in [0.05, 0.1) is 7.11 Å². The lowest BCUT2D eigenvalue weighted by Crippen LogP contribution is -2.23. The first-order valence-corrected chi connectivity index (χ1v) is 5.14. The highest BCUT2D eigenvalue weighted by atomic mass is 16.6. The molecule has 0 aromatic rings. The molecule has 0 aromatic carbocycles. The third-order valence-corrected chi connectivity index (χ3v) is 2.59. The molecule has 1 aliphatic heterocycles. The van der Waals surface area contributed by atoms with Gasteiger partial charge in [-0.25, -0.2) is 4.79 Å². The normalized spacial score (nSPS) is 23.4. The SMILES string of the molecule is COC(=O)C(C)OCCC1CCNC1. The molecule has 0 spiro atoms. The van der Waals surface area contributed by atoms with Crippen LogP contribution in [0.5, 0.6) is 0 Å². The Labute approximate surface area is 85.0 Å². The molecule has 2 unspecified atom stereocenters. The number of esters is 1. The van der Waals surface area contributed by atoms with Crippen LogP contribution in [0.15, 0.2) is 0 Å². The van der Waals surface area contributed by atoms with E-state index >= 15 is 0 Å². The third-order valence-electron chi connectivity index (χ3n) is 2.59. The summed E-state index contributed by atoms with van der Waals surface area (Å²) in [6.45, 7) is 4.55. The molecule has 0 aromatic heterocycles. The first-order chi connectivity index (χ1) is 6.74. The second-order valence-corrected chi connectivity index (χ2v) is 3.68. The minimum atomic E-state index is -0.436. The number of hydrogen-bond acceptors (Lipinski definition) is 4. The van der Waals surface area contributed by atoms with E-state index in [9.17, 15) is 4.79 Å². The number of methoxy groups -OCH3 is 1. The van der Waals surface area contributed by atoms with E-state index in [1.54, 1.807) is 6.92 Å². The first-order valence-electron chi connectivity index (χ1n) is 5.14. The minimum Gasteiger partial charge on any atom is -0.467 e. The van der Waals surface area contributed by atoms with Crippen LogP contribution in [-0.2, 0) is 14.3 Å². The third kappa shape index (κ3) is 3.64. The summed E-state index contributed by atoms with van der Waals surface area (Å²) in [5.41, 5.74) is 0. The van der Waals surface area contributed by atoms with Gasteiger partial charge in [0, 0.05) is 6.61 Å². The van der Waals surface area contributed by atoms with Gasteiger partial charge in [0.2, 0.25) is 0 Å². The fourth-order valence-electron chi connectivity index (χ4n) is 1.61. The number of nitrogens with one attached hydrogen (secondary N) is 1. The average Bonchev–Trinajstić information content (AvgIpc) is 2.69. The van der Waals surface area contributed by atoms with E-state index < -0.39 is 6.10 Å². The first kappa shape index (κ1) is 11.5. The topological polar surface area (TPSA) is 47.6 Å². The van der Waals surface area contributed by atoms with Crippen LogP contribution >= 0.6 is 0 Å². The summed E-state index contributed by atoms with van der Waals surface area (Å²) in [6.07, 6.45) is 1.80. The average molecular weight is 201 g/mol. The Kier molecular flexibility index (Phi) is 4.90. The van der Waals surface area contributed by atoms with Gasteiger partial charge in [-0.3, -0.25) is 0 Å². The van der Waals surface area contributed by atoms with Gasteiger partial charge in [-0.05, 0) is 38.8 Å². The molecule has 0 amide bonds. The summed E-state index contributed by atoms with van der Waals surface area (Å²) < 4.78 is 9.91. The van der Waals surface area contributed by atoms with Gasteiger partial charge in [-0.2, -0.15) is 0 Å². The second-order valence-electron chi connectivity index (χ2n) is 3.68. The lowest BCUT2D eigenvalue weighted by Gasteiger charge is -2.12. The van der Waals surface area contributed by atoms with Crippen molar-refractivity contribution in [2.75, 3.05) is 26.8 Å². The lowest BCUT2D eigenvalue weighted by atomic mass is 10.1. The second kappa shape index (κ2) is 5.98. The largest absolute Gasteiger partial charge is 0.467 e. The van der Waals surface area contributed by atoms with Crippen molar-refractivity contribution in [2.24, 2.45) is 5.92 Å². The van der Waals surface area contributed by atoms with Crippen LogP contribution in [0.25, 0.3) is 0 Å². The molecule has 1 saturated heterocycles. The summed E-state index contributed by atoms with van der Waals surface area (Å²) in [5, 5.41) is 3.30. The Bertz CT molecular complexity index is 178. The Hall–Kier alpha value is -0.610. The van der Waals surface area contributed by atoms with E-state index in [0.717, 1.165) is 19.5 Å². The van der Waals surface area contributed by atoms with Crippen molar-refractivity contribution in [3.63, 3.8) is 0 Å². The molecular weight excluding hydrogens is 182 g/mol. The zero-order valence-corrected chi connectivity index (χ0v) is 8.91. The van der Waals surface area contributed by atoms with E-state index in [-0.39, 0.29) is 5.97 Å². The molecule has 0 bridgehead atoms. The molecule has 1 rings (SSSR count). The number of hydrogen-bond donors (Lipinski definition) is 1. The Morgan fingerprint density at radius 3 is 3.00 bits per heavy atom. The van der Waals surface area contributed by atoms with E-state index in [0.29, 0.717) is 12.5 Å². The van der Waals surface area contributed by atoms with Crippen LogP contribution in [0, 0.1) is 5.92 Å². The van der Waals surface area contributed by atoms with E-state index in [2.05, 4.69) is 10.1 Å². The van der Waals surface area contributed by atoms with Crippen LogP contribution in [-0.4, -0.2) is 38.9 Å². The summed E-state index contributed by atoms with van der Waals surface area (Å²) in [4.78, 5) is 11.0. The zero-order chi connectivity index (χ0) is 10.4. The number of carbonyl (C=O) groups is 1. The quantitative estimate of drug-likeness (QED) is 0.660. The Morgan fingerprint density at radius 1 is 1.64 bits per heavy atom. The number of carbonyl (C=O) groups excluding carboxylic acids is 1. The molecule has 82 valence electrons. The zero-order valence-electron chi connectivity index (χ0n) is 8.91. The highest BCUT2D eigenvalue weighted by Crippen LogP contribution is 2.12. The highest BCUT2D eigenvalue weighted by molar-refractivity contribution is 5.73. The van der Waals surface area contributed by atoms with Crippen LogP contribution in [0.2, 0.25) is 0 Å². The Balaban J connectivity index is 2.05. The summed E-state index contributed by atoms with van der Waals surface area (Å²) in [7, 11) is 1.38. The van der Waals surface area contributed by atoms with Gasteiger partial charge in [-0.15, -0.1) is 0 Å². The van der Waals surface area contributed by atoms with Gasteiger partial charge >= 0.3 is 5.97 Å². The van der Waals surface area contributed by atoms with Crippen LogP contribution < -0.4 is 5.32 Å². The number of rotatable bonds is 5. The molecule has 1 heterocycles. The van der Waals surface area contributed by atoms with Crippen LogP contribution in [0.3, 0.4) is 0 Å². The van der Waals surface area contributed by atoms with Gasteiger partial charge < -0.3 is 14.8 Å². The van der Waals surface area contributed by atoms with Gasteiger partial charge in [-0.1, -0.05) is 0 Å². The van der Waals surface area contributed by atoms with Crippen molar-refractivity contribution in [3.05, 3.63) is 0 Å². The number of ether oxygens (including phenoxy) is 2. The molecule has 1 aliphatic rings. The standard InChI is InChI=1S/C10H19NO3/c1-8(10(12)13-2)14-6-4-9-3-5-11-7-9/h8-9,11H,3-7H2,1-2H3. The smallest absolute Gasteiger partial charge is 0.334 e. The minimum absolute atomic E-state index is 0.297. The van der Waals surface area contributed by atoms with Crippen LogP contribution in [0.1, 0.15) is 19.8 Å². The maximum Gasteiger partial charge on any atom is 0.334 e. The maximum absolute atomic E-state index is 11.0. The van der Waals surface area contributed by atoms with Crippen LogP contribution in [0.4, 0.5) is 0 Å². The molecule has 4 nitrogen and oxygen atoms in total. The van der Waals surface area contributed by atoms with Crippen molar-refractivity contribution in [1.82, 2.24) is 5.32 Å². The van der Waals surface area contributed by atoms with E-state index in [4.69, 9.17) is 4.74 Å². The van der Waals surface area contributed by atoms with Gasteiger partial charge in [0.25, 0.3) is 0 Å². The van der Waals surface area contributed by atoms with Crippen molar-refractivity contribution in [3.8, 4) is 0 Å². The molecule has 14 heavy (non-hydrogen) atoms. The predicted octanol–water partition coefficient (Wildman–Crippen LogP) is 0.564. The van der Waals surface area contributed by atoms with Crippen molar-refractivity contribution < 1.29 is 14.3 Å². The summed E-state index contributed by atoms with van der Waals surface area (Å²) >= 11 is 0. The maximum atomic E-state index is 11.0. The molecule has 1 N–H and O–H groups in total. The van der Waals surface area contributed by atoms with Gasteiger partial charge in [0.1, 0.15) is 0 Å².